The van der Waals surface area contributed by atoms with Gasteiger partial charge in [-0.05, 0) is 35.9 Å². The number of ether oxygens (including phenoxy) is 5. The summed E-state index contributed by atoms with van der Waals surface area (Å²) in [5, 5.41) is 2.07. The van der Waals surface area contributed by atoms with Gasteiger partial charge in [0.15, 0.2) is 29.6 Å². The first-order valence-electron chi connectivity index (χ1n) is 9.55. The van der Waals surface area contributed by atoms with Crippen LogP contribution in [-0.2, 0) is 19.1 Å². The van der Waals surface area contributed by atoms with Gasteiger partial charge in [-0.1, -0.05) is 18.2 Å². The number of carbonyl (C=O) groups is 3. The number of alkyl halides is 2. The van der Waals surface area contributed by atoms with Gasteiger partial charge in [-0.15, -0.1) is 0 Å². The number of esters is 1. The van der Waals surface area contributed by atoms with Gasteiger partial charge in [0.05, 0.1) is 7.11 Å². The molecule has 0 saturated heterocycles. The summed E-state index contributed by atoms with van der Waals surface area (Å²) in [6.45, 7) is -3.80. The highest BCUT2D eigenvalue weighted by molar-refractivity contribution is 5.99. The highest BCUT2D eigenvalue weighted by Crippen LogP contribution is 2.31. The first-order valence-corrected chi connectivity index (χ1v) is 9.55. The lowest BCUT2D eigenvalue weighted by atomic mass is 10.2. The van der Waals surface area contributed by atoms with Crippen LogP contribution in [0.2, 0.25) is 0 Å². The molecule has 0 saturated carbocycles. The second-order valence-electron chi connectivity index (χ2n) is 6.51. The molecule has 0 spiro atoms. The second kappa shape index (κ2) is 10.9. The third kappa shape index (κ3) is 6.66. The van der Waals surface area contributed by atoms with Crippen LogP contribution < -0.4 is 24.3 Å². The number of nitrogens with one attached hydrogen (secondary N) is 1. The molecule has 0 fully saturated rings. The number of hydrogen-bond acceptors (Lipinski definition) is 8. The molecule has 0 unspecified atom stereocenters. The van der Waals surface area contributed by atoms with Gasteiger partial charge in [-0.3, -0.25) is 14.9 Å². The molecular weight excluding hydrogens is 444 g/mol. The van der Waals surface area contributed by atoms with E-state index in [9.17, 15) is 23.2 Å². The molecule has 3 rings (SSSR count). The molecule has 33 heavy (non-hydrogen) atoms. The van der Waals surface area contributed by atoms with Crippen LogP contribution in [0.3, 0.4) is 0 Å². The molecule has 9 nitrogen and oxygen atoms in total. The summed E-state index contributed by atoms with van der Waals surface area (Å²) in [5.74, 6) is -1.71. The van der Waals surface area contributed by atoms with E-state index in [-0.39, 0.29) is 18.1 Å². The second-order valence-corrected chi connectivity index (χ2v) is 6.51. The first kappa shape index (κ1) is 23.5. The lowest BCUT2D eigenvalue weighted by molar-refractivity contribution is -0.146. The van der Waals surface area contributed by atoms with Crippen LogP contribution in [0, 0.1) is 0 Å². The van der Waals surface area contributed by atoms with E-state index in [1.54, 1.807) is 24.3 Å². The molecule has 2 aromatic carbocycles. The van der Waals surface area contributed by atoms with E-state index in [0.717, 1.165) is 6.08 Å². The molecule has 0 aromatic heterocycles. The highest BCUT2D eigenvalue weighted by atomic mass is 19.3. The van der Waals surface area contributed by atoms with E-state index >= 15 is 0 Å². The van der Waals surface area contributed by atoms with Crippen LogP contribution in [0.4, 0.5) is 8.78 Å². The molecule has 2 aromatic rings. The van der Waals surface area contributed by atoms with Gasteiger partial charge in [0.1, 0.15) is 6.61 Å². The number of benzene rings is 2. The normalized spacial score (nSPS) is 14.6. The van der Waals surface area contributed by atoms with Crippen molar-refractivity contribution in [3.8, 4) is 23.0 Å². The maximum Gasteiger partial charge on any atom is 0.387 e. The summed E-state index contributed by atoms with van der Waals surface area (Å²) in [6.07, 6.45) is 1.31. The fourth-order valence-corrected chi connectivity index (χ4v) is 2.73. The van der Waals surface area contributed by atoms with Crippen molar-refractivity contribution in [2.75, 3.05) is 20.3 Å². The van der Waals surface area contributed by atoms with E-state index in [1.165, 1.54) is 31.4 Å². The minimum Gasteiger partial charge on any atom is -0.493 e. The third-order valence-electron chi connectivity index (χ3n) is 4.22. The zero-order valence-corrected chi connectivity index (χ0v) is 17.3. The standard InChI is InChI=1S/C22H19F2NO8/c1-29-17-10-13(6-8-16(17)33-22(23)24)7-9-20(27)31-12-19(26)25-21(28)18-11-30-14-4-2-3-5-15(14)32-18/h2-10,18,22H,11-12H2,1H3,(H,25,26,28)/b9-7+/t18-/m1/s1. The number of halogens is 2. The van der Waals surface area contributed by atoms with Crippen molar-refractivity contribution in [3.05, 3.63) is 54.1 Å². The predicted octanol–water partition coefficient (Wildman–Crippen LogP) is 2.34. The lowest BCUT2D eigenvalue weighted by Crippen LogP contribution is -2.47. The number of amides is 2. The van der Waals surface area contributed by atoms with E-state index in [1.807, 2.05) is 0 Å². The van der Waals surface area contributed by atoms with Crippen molar-refractivity contribution < 1.29 is 46.8 Å². The summed E-state index contributed by atoms with van der Waals surface area (Å²) in [6, 6.07) is 10.8. The van der Waals surface area contributed by atoms with Crippen LogP contribution in [0.1, 0.15) is 5.56 Å². The molecule has 1 N–H and O–H groups in total. The van der Waals surface area contributed by atoms with Crippen molar-refractivity contribution in [3.63, 3.8) is 0 Å². The van der Waals surface area contributed by atoms with Gasteiger partial charge in [0, 0.05) is 6.08 Å². The molecule has 0 bridgehead atoms. The average Bonchev–Trinajstić information content (AvgIpc) is 2.81. The number of imide groups is 1. The SMILES string of the molecule is COc1cc(/C=C/C(=O)OCC(=O)NC(=O)[C@H]2COc3ccccc3O2)ccc1OC(F)F. The summed E-state index contributed by atoms with van der Waals surface area (Å²) >= 11 is 0. The monoisotopic (exact) mass is 463 g/mol. The Morgan fingerprint density at radius 2 is 1.91 bits per heavy atom. The van der Waals surface area contributed by atoms with Crippen LogP contribution in [0.25, 0.3) is 6.08 Å². The highest BCUT2D eigenvalue weighted by Gasteiger charge is 2.28. The molecule has 1 aliphatic rings. The average molecular weight is 463 g/mol. The van der Waals surface area contributed by atoms with E-state index < -0.39 is 37.1 Å². The summed E-state index contributed by atoms with van der Waals surface area (Å²) < 4.78 is 49.7. The van der Waals surface area contributed by atoms with Crippen molar-refractivity contribution in [1.29, 1.82) is 0 Å². The maximum atomic E-state index is 12.4. The topological polar surface area (TPSA) is 109 Å². The van der Waals surface area contributed by atoms with Crippen LogP contribution >= 0.6 is 0 Å². The summed E-state index contributed by atoms with van der Waals surface area (Å²) in [5.41, 5.74) is 0.430. The van der Waals surface area contributed by atoms with Crippen LogP contribution in [0.15, 0.2) is 48.5 Å². The van der Waals surface area contributed by atoms with Gasteiger partial charge >= 0.3 is 12.6 Å². The van der Waals surface area contributed by atoms with E-state index in [0.29, 0.717) is 17.1 Å². The Morgan fingerprint density at radius 1 is 1.15 bits per heavy atom. The summed E-state index contributed by atoms with van der Waals surface area (Å²) in [4.78, 5) is 35.9. The Kier molecular flexibility index (Phi) is 7.79. The maximum absolute atomic E-state index is 12.4. The fraction of sp³-hybridized carbons (Fsp3) is 0.227. The third-order valence-corrected chi connectivity index (χ3v) is 4.22. The van der Waals surface area contributed by atoms with Crippen LogP contribution in [-0.4, -0.2) is 50.8 Å². The smallest absolute Gasteiger partial charge is 0.387 e. The zero-order chi connectivity index (χ0) is 23.8. The van der Waals surface area contributed by atoms with Gasteiger partial charge in [0.25, 0.3) is 11.8 Å². The van der Waals surface area contributed by atoms with Gasteiger partial charge in [-0.2, -0.15) is 8.78 Å². The largest absolute Gasteiger partial charge is 0.493 e. The molecular formula is C22H19F2NO8. The van der Waals surface area contributed by atoms with E-state index in [4.69, 9.17) is 18.9 Å². The number of rotatable bonds is 8. The molecule has 1 atom stereocenters. The fourth-order valence-electron chi connectivity index (χ4n) is 2.73. The quantitative estimate of drug-likeness (QED) is 0.469. The molecule has 2 amide bonds. The Labute approximate surface area is 186 Å². The first-order chi connectivity index (χ1) is 15.9. The predicted molar refractivity (Wildman–Crippen MR) is 109 cm³/mol. The number of fused-ring (bicyclic) bond motifs is 1. The molecule has 0 aliphatic carbocycles. The van der Waals surface area contributed by atoms with Crippen molar-refractivity contribution in [1.82, 2.24) is 5.32 Å². The van der Waals surface area contributed by atoms with Gasteiger partial charge < -0.3 is 23.7 Å². The number of carbonyl (C=O) groups excluding carboxylic acids is 3. The molecule has 1 aliphatic heterocycles. The molecule has 174 valence electrons. The van der Waals surface area contributed by atoms with Gasteiger partial charge in [-0.25, -0.2) is 4.79 Å². The van der Waals surface area contributed by atoms with Gasteiger partial charge in [0.2, 0.25) is 6.10 Å². The Hall–Kier alpha value is -4.15. The molecule has 0 radical (unpaired) electrons. The Morgan fingerprint density at radius 3 is 2.64 bits per heavy atom. The van der Waals surface area contributed by atoms with Crippen molar-refractivity contribution in [2.45, 2.75) is 12.7 Å². The van der Waals surface area contributed by atoms with Crippen molar-refractivity contribution >= 4 is 23.9 Å². The lowest BCUT2D eigenvalue weighted by Gasteiger charge is -2.25. The van der Waals surface area contributed by atoms with Crippen molar-refractivity contribution in [2.24, 2.45) is 0 Å². The number of methoxy groups -OCH3 is 1. The zero-order valence-electron chi connectivity index (χ0n) is 17.3. The number of para-hydroxylation sites is 2. The molecule has 11 heteroatoms. The summed E-state index contributed by atoms with van der Waals surface area (Å²) in [7, 11) is 1.28. The minimum absolute atomic E-state index is 0.0419. The molecule has 1 heterocycles. The van der Waals surface area contributed by atoms with Crippen LogP contribution in [0.5, 0.6) is 23.0 Å². The number of hydrogen-bond donors (Lipinski definition) is 1. The van der Waals surface area contributed by atoms with E-state index in [2.05, 4.69) is 10.1 Å². The Bertz CT molecular complexity index is 1060. The Balaban J connectivity index is 1.46. The minimum atomic E-state index is -3.01.